The van der Waals surface area contributed by atoms with Gasteiger partial charge in [-0.05, 0) is 42.8 Å². The number of primary sulfonamides is 1. The zero-order valence-corrected chi connectivity index (χ0v) is 19.3. The molecule has 0 unspecified atom stereocenters. The van der Waals surface area contributed by atoms with Crippen molar-refractivity contribution in [2.24, 2.45) is 5.14 Å². The predicted molar refractivity (Wildman–Crippen MR) is 123 cm³/mol. The average Bonchev–Trinajstić information content (AvgIpc) is 3.22. The highest BCUT2D eigenvalue weighted by Crippen LogP contribution is 2.30. The quantitative estimate of drug-likeness (QED) is 0.615. The third-order valence-corrected chi connectivity index (χ3v) is 7.62. The van der Waals surface area contributed by atoms with Crippen molar-refractivity contribution in [1.29, 1.82) is 0 Å². The fourth-order valence-electron chi connectivity index (χ4n) is 3.78. The standard InChI is InChI=1S/C23H24FN3O3S2/c1-16-6-8-18(32(25,29)30)14-20(16)23(28)27-12-10-26(11-13-27)15-17-7-9-22(31-17)19-4-2-3-5-21(19)24/h2-9,14H,10-13,15H2,1H3,(H2,25,29,30). The summed E-state index contributed by atoms with van der Waals surface area (Å²) in [7, 11) is -3.87. The Morgan fingerprint density at radius 1 is 1.06 bits per heavy atom. The van der Waals surface area contributed by atoms with Gasteiger partial charge in [0.15, 0.2) is 0 Å². The molecule has 1 aliphatic heterocycles. The van der Waals surface area contributed by atoms with Gasteiger partial charge in [0.25, 0.3) is 5.91 Å². The first-order chi connectivity index (χ1) is 15.2. The number of piperazine rings is 1. The highest BCUT2D eigenvalue weighted by Gasteiger charge is 2.24. The SMILES string of the molecule is Cc1ccc(S(N)(=O)=O)cc1C(=O)N1CCN(Cc2ccc(-c3ccccc3F)s2)CC1. The lowest BCUT2D eigenvalue weighted by molar-refractivity contribution is 0.0628. The molecule has 2 aromatic carbocycles. The molecule has 1 aliphatic rings. The van der Waals surface area contributed by atoms with Crippen molar-refractivity contribution in [2.45, 2.75) is 18.4 Å². The van der Waals surface area contributed by atoms with Crippen LogP contribution in [-0.2, 0) is 16.6 Å². The van der Waals surface area contributed by atoms with Crippen LogP contribution in [0.4, 0.5) is 4.39 Å². The summed E-state index contributed by atoms with van der Waals surface area (Å²) in [5.74, 6) is -0.416. The van der Waals surface area contributed by atoms with Crippen LogP contribution in [0.3, 0.4) is 0 Å². The van der Waals surface area contributed by atoms with E-state index in [2.05, 4.69) is 4.90 Å². The lowest BCUT2D eigenvalue weighted by Crippen LogP contribution is -2.48. The van der Waals surface area contributed by atoms with Gasteiger partial charge in [-0.2, -0.15) is 0 Å². The number of halogens is 1. The molecule has 0 saturated carbocycles. The van der Waals surface area contributed by atoms with E-state index >= 15 is 0 Å². The molecule has 3 aromatic rings. The molecule has 2 N–H and O–H groups in total. The van der Waals surface area contributed by atoms with Gasteiger partial charge < -0.3 is 4.90 Å². The van der Waals surface area contributed by atoms with Crippen molar-refractivity contribution in [3.05, 3.63) is 76.4 Å². The number of hydrogen-bond acceptors (Lipinski definition) is 5. The molecule has 9 heteroatoms. The van der Waals surface area contributed by atoms with Crippen LogP contribution in [0, 0.1) is 12.7 Å². The Morgan fingerprint density at radius 2 is 1.78 bits per heavy atom. The van der Waals surface area contributed by atoms with E-state index in [1.165, 1.54) is 18.2 Å². The largest absolute Gasteiger partial charge is 0.336 e. The summed E-state index contributed by atoms with van der Waals surface area (Å²) in [5, 5.41) is 5.21. The van der Waals surface area contributed by atoms with Gasteiger partial charge in [-0.3, -0.25) is 9.69 Å². The van der Waals surface area contributed by atoms with Gasteiger partial charge in [-0.15, -0.1) is 11.3 Å². The van der Waals surface area contributed by atoms with Crippen molar-refractivity contribution in [1.82, 2.24) is 9.80 Å². The molecule has 0 aliphatic carbocycles. The fourth-order valence-corrected chi connectivity index (χ4v) is 5.39. The number of aryl methyl sites for hydroxylation is 1. The summed E-state index contributed by atoms with van der Waals surface area (Å²) >= 11 is 1.57. The van der Waals surface area contributed by atoms with E-state index in [-0.39, 0.29) is 16.6 Å². The van der Waals surface area contributed by atoms with Crippen LogP contribution in [-0.4, -0.2) is 50.3 Å². The van der Waals surface area contributed by atoms with Crippen molar-refractivity contribution < 1.29 is 17.6 Å². The average molecular weight is 474 g/mol. The molecule has 168 valence electrons. The molecule has 1 amide bonds. The number of carbonyl (C=O) groups excluding carboxylic acids is 1. The van der Waals surface area contributed by atoms with Crippen molar-refractivity contribution >= 4 is 27.3 Å². The van der Waals surface area contributed by atoms with E-state index in [1.807, 2.05) is 18.2 Å². The molecule has 0 spiro atoms. The molecule has 0 bridgehead atoms. The van der Waals surface area contributed by atoms with Gasteiger partial charge in [0.2, 0.25) is 10.0 Å². The van der Waals surface area contributed by atoms with E-state index in [9.17, 15) is 17.6 Å². The number of benzene rings is 2. The summed E-state index contributed by atoms with van der Waals surface area (Å²) in [6.45, 7) is 5.01. The minimum absolute atomic E-state index is 0.0616. The topological polar surface area (TPSA) is 83.7 Å². The first-order valence-corrected chi connectivity index (χ1v) is 12.6. The van der Waals surface area contributed by atoms with Crippen LogP contribution >= 0.6 is 11.3 Å². The zero-order chi connectivity index (χ0) is 22.9. The highest BCUT2D eigenvalue weighted by atomic mass is 32.2. The fraction of sp³-hybridized carbons (Fsp3) is 0.261. The van der Waals surface area contributed by atoms with E-state index in [0.29, 0.717) is 42.9 Å². The zero-order valence-electron chi connectivity index (χ0n) is 17.6. The maximum atomic E-state index is 14.0. The Morgan fingerprint density at radius 3 is 2.47 bits per heavy atom. The lowest BCUT2D eigenvalue weighted by atomic mass is 10.1. The van der Waals surface area contributed by atoms with Crippen LogP contribution in [0.25, 0.3) is 10.4 Å². The van der Waals surface area contributed by atoms with Crippen molar-refractivity contribution in [3.63, 3.8) is 0 Å². The normalized spacial score (nSPS) is 15.2. The monoisotopic (exact) mass is 473 g/mol. The van der Waals surface area contributed by atoms with Gasteiger partial charge in [-0.25, -0.2) is 17.9 Å². The predicted octanol–water partition coefficient (Wildman–Crippen LogP) is 3.47. The van der Waals surface area contributed by atoms with Crippen LogP contribution in [0.15, 0.2) is 59.5 Å². The highest BCUT2D eigenvalue weighted by molar-refractivity contribution is 7.89. The van der Waals surface area contributed by atoms with Gasteiger partial charge in [0, 0.05) is 53.6 Å². The smallest absolute Gasteiger partial charge is 0.254 e. The third-order valence-electron chi connectivity index (χ3n) is 5.61. The minimum atomic E-state index is -3.87. The van der Waals surface area contributed by atoms with Crippen molar-refractivity contribution in [2.75, 3.05) is 26.2 Å². The summed E-state index contributed by atoms with van der Waals surface area (Å²) in [4.78, 5) is 19.0. The molecule has 32 heavy (non-hydrogen) atoms. The molecular weight excluding hydrogens is 449 g/mol. The maximum absolute atomic E-state index is 14.0. The number of sulfonamides is 1. The Balaban J connectivity index is 1.39. The van der Waals surface area contributed by atoms with E-state index < -0.39 is 10.0 Å². The van der Waals surface area contributed by atoms with E-state index in [0.717, 1.165) is 16.3 Å². The molecule has 2 heterocycles. The molecule has 6 nitrogen and oxygen atoms in total. The minimum Gasteiger partial charge on any atom is -0.336 e. The van der Waals surface area contributed by atoms with Crippen LogP contribution < -0.4 is 5.14 Å². The van der Waals surface area contributed by atoms with Crippen molar-refractivity contribution in [3.8, 4) is 10.4 Å². The number of nitrogens with two attached hydrogens (primary N) is 1. The molecule has 0 atom stereocenters. The third kappa shape index (κ3) is 4.91. The van der Waals surface area contributed by atoms with Gasteiger partial charge in [0.1, 0.15) is 5.82 Å². The molecule has 1 fully saturated rings. The molecule has 1 aromatic heterocycles. The Hall–Kier alpha value is -2.59. The second-order valence-corrected chi connectivity index (χ2v) is 10.6. The summed E-state index contributed by atoms with van der Waals surface area (Å²) < 4.78 is 37.3. The summed E-state index contributed by atoms with van der Waals surface area (Å²) in [6, 6.07) is 15.1. The Labute approximate surface area is 191 Å². The summed E-state index contributed by atoms with van der Waals surface area (Å²) in [6.07, 6.45) is 0. The summed E-state index contributed by atoms with van der Waals surface area (Å²) in [5.41, 5.74) is 1.68. The van der Waals surface area contributed by atoms with E-state index in [1.54, 1.807) is 41.4 Å². The lowest BCUT2D eigenvalue weighted by Gasteiger charge is -2.34. The second-order valence-electron chi connectivity index (χ2n) is 7.84. The second kappa shape index (κ2) is 9.11. The number of hydrogen-bond donors (Lipinski definition) is 1. The first-order valence-electron chi connectivity index (χ1n) is 10.2. The Bertz CT molecular complexity index is 1250. The molecule has 4 rings (SSSR count). The number of amides is 1. The molecule has 1 saturated heterocycles. The maximum Gasteiger partial charge on any atom is 0.254 e. The van der Waals surface area contributed by atoms with Crippen LogP contribution in [0.1, 0.15) is 20.8 Å². The van der Waals surface area contributed by atoms with Crippen LogP contribution in [0.5, 0.6) is 0 Å². The van der Waals surface area contributed by atoms with E-state index in [4.69, 9.17) is 5.14 Å². The number of carbonyl (C=O) groups is 1. The molecule has 0 radical (unpaired) electrons. The van der Waals surface area contributed by atoms with Gasteiger partial charge in [0.05, 0.1) is 4.90 Å². The number of thiophene rings is 1. The van der Waals surface area contributed by atoms with Crippen LogP contribution in [0.2, 0.25) is 0 Å². The Kier molecular flexibility index (Phi) is 6.43. The number of nitrogens with zero attached hydrogens (tertiary/aromatic N) is 2. The van der Waals surface area contributed by atoms with Gasteiger partial charge in [-0.1, -0.05) is 24.3 Å². The number of rotatable bonds is 5. The van der Waals surface area contributed by atoms with Gasteiger partial charge >= 0.3 is 0 Å². The first kappa shape index (κ1) is 22.6. The molecular formula is C23H24FN3O3S2.